The summed E-state index contributed by atoms with van der Waals surface area (Å²) in [5, 5.41) is 9.91. The van der Waals surface area contributed by atoms with Crippen LogP contribution in [0.1, 0.15) is 49.5 Å². The fraction of sp³-hybridized carbons (Fsp3) is 0.261. The van der Waals surface area contributed by atoms with Crippen LogP contribution in [0.25, 0.3) is 0 Å². The fourth-order valence-corrected chi connectivity index (χ4v) is 1.87. The zero-order valence-corrected chi connectivity index (χ0v) is 15.6. The standard InChI is InChI=1S/C11H14O.C8H8O.C4H8/c1-3-9-11(2,12)10-7-5-4-6-8-10;1-7(9)8-5-3-2-4-6-8;1-3-4-2/h3-8,12H,1,9H2,2H3;2-6H,1H3;3H,1,4H2,2H3. The number of hydrogen-bond acceptors (Lipinski definition) is 2. The van der Waals surface area contributed by atoms with E-state index in [0.29, 0.717) is 6.42 Å². The molecule has 2 heteroatoms. The highest BCUT2D eigenvalue weighted by molar-refractivity contribution is 5.93. The van der Waals surface area contributed by atoms with E-state index in [2.05, 4.69) is 20.1 Å². The van der Waals surface area contributed by atoms with Crippen LogP contribution in [0.5, 0.6) is 0 Å². The first-order valence-electron chi connectivity index (χ1n) is 8.44. The Labute approximate surface area is 152 Å². The molecule has 0 aliphatic heterocycles. The number of rotatable bonds is 5. The van der Waals surface area contributed by atoms with Gasteiger partial charge in [0, 0.05) is 5.56 Å². The van der Waals surface area contributed by atoms with E-state index in [-0.39, 0.29) is 5.78 Å². The molecular weight excluding hydrogens is 308 g/mol. The SMILES string of the molecule is C=CCC.C=CCC(C)(O)c1ccccc1.CC(=O)c1ccccc1. The maximum Gasteiger partial charge on any atom is 0.159 e. The molecule has 0 saturated carbocycles. The molecule has 0 amide bonds. The molecule has 1 unspecified atom stereocenters. The lowest BCUT2D eigenvalue weighted by Crippen LogP contribution is -2.19. The highest BCUT2D eigenvalue weighted by Gasteiger charge is 2.19. The Bertz CT molecular complexity index is 613. The second-order valence-corrected chi connectivity index (χ2v) is 5.75. The van der Waals surface area contributed by atoms with Crippen LogP contribution in [0.3, 0.4) is 0 Å². The fourth-order valence-electron chi connectivity index (χ4n) is 1.87. The first kappa shape index (κ1) is 22.6. The van der Waals surface area contributed by atoms with Gasteiger partial charge in [-0.3, -0.25) is 4.79 Å². The Morgan fingerprint density at radius 1 is 1.00 bits per heavy atom. The van der Waals surface area contributed by atoms with Crippen LogP contribution < -0.4 is 0 Å². The number of carbonyl (C=O) groups is 1. The summed E-state index contributed by atoms with van der Waals surface area (Å²) in [7, 11) is 0. The minimum atomic E-state index is -0.775. The van der Waals surface area contributed by atoms with Gasteiger partial charge in [-0.25, -0.2) is 0 Å². The van der Waals surface area contributed by atoms with Gasteiger partial charge in [-0.05, 0) is 32.3 Å². The molecule has 0 aliphatic carbocycles. The summed E-state index contributed by atoms with van der Waals surface area (Å²) in [5.41, 5.74) is 0.936. The average Bonchev–Trinajstić information content (AvgIpc) is 2.64. The molecule has 0 spiro atoms. The summed E-state index contributed by atoms with van der Waals surface area (Å²) in [6.07, 6.45) is 5.27. The number of aliphatic hydroxyl groups is 1. The van der Waals surface area contributed by atoms with E-state index in [1.54, 1.807) is 19.9 Å². The minimum Gasteiger partial charge on any atom is -0.385 e. The number of allylic oxidation sites excluding steroid dienone is 1. The molecule has 0 saturated heterocycles. The normalized spacial score (nSPS) is 11.5. The minimum absolute atomic E-state index is 0.121. The van der Waals surface area contributed by atoms with E-state index in [1.165, 1.54) is 0 Å². The van der Waals surface area contributed by atoms with E-state index in [4.69, 9.17) is 0 Å². The maximum atomic E-state index is 10.6. The van der Waals surface area contributed by atoms with Gasteiger partial charge in [0.2, 0.25) is 0 Å². The lowest BCUT2D eigenvalue weighted by Gasteiger charge is -2.21. The molecule has 25 heavy (non-hydrogen) atoms. The summed E-state index contributed by atoms with van der Waals surface area (Å²) in [6, 6.07) is 18.9. The van der Waals surface area contributed by atoms with Crippen LogP contribution in [0, 0.1) is 0 Å². The topological polar surface area (TPSA) is 37.3 Å². The van der Waals surface area contributed by atoms with Gasteiger partial charge in [0.1, 0.15) is 0 Å². The first-order valence-corrected chi connectivity index (χ1v) is 8.44. The van der Waals surface area contributed by atoms with Gasteiger partial charge < -0.3 is 5.11 Å². The van der Waals surface area contributed by atoms with Crippen molar-refractivity contribution in [1.29, 1.82) is 0 Å². The Kier molecular flexibility index (Phi) is 11.6. The quantitative estimate of drug-likeness (QED) is 0.541. The van der Waals surface area contributed by atoms with Crippen LogP contribution in [-0.2, 0) is 5.60 Å². The maximum absolute atomic E-state index is 10.6. The van der Waals surface area contributed by atoms with Crippen molar-refractivity contribution in [3.05, 3.63) is 97.1 Å². The molecule has 2 aromatic rings. The Morgan fingerprint density at radius 2 is 1.44 bits per heavy atom. The third-order valence-electron chi connectivity index (χ3n) is 3.41. The van der Waals surface area contributed by atoms with E-state index >= 15 is 0 Å². The second-order valence-electron chi connectivity index (χ2n) is 5.75. The summed E-state index contributed by atoms with van der Waals surface area (Å²) < 4.78 is 0. The molecule has 134 valence electrons. The van der Waals surface area contributed by atoms with Crippen LogP contribution in [0.4, 0.5) is 0 Å². The lowest BCUT2D eigenvalue weighted by molar-refractivity contribution is 0.0606. The number of Topliss-reactive ketones (excluding diaryl/α,β-unsaturated/α-hetero) is 1. The van der Waals surface area contributed by atoms with Crippen molar-refractivity contribution < 1.29 is 9.90 Å². The van der Waals surface area contributed by atoms with Gasteiger partial charge in [0.05, 0.1) is 5.60 Å². The smallest absolute Gasteiger partial charge is 0.159 e. The van der Waals surface area contributed by atoms with Crippen molar-refractivity contribution in [2.75, 3.05) is 0 Å². The molecule has 0 heterocycles. The third kappa shape index (κ3) is 10.1. The van der Waals surface area contributed by atoms with E-state index in [9.17, 15) is 9.90 Å². The summed E-state index contributed by atoms with van der Waals surface area (Å²) in [5.74, 6) is 0.121. The summed E-state index contributed by atoms with van der Waals surface area (Å²) in [4.78, 5) is 10.6. The van der Waals surface area contributed by atoms with Gasteiger partial charge in [0.25, 0.3) is 0 Å². The molecule has 1 atom stereocenters. The third-order valence-corrected chi connectivity index (χ3v) is 3.41. The monoisotopic (exact) mass is 338 g/mol. The van der Waals surface area contributed by atoms with Gasteiger partial charge >= 0.3 is 0 Å². The zero-order chi connectivity index (χ0) is 19.1. The Balaban J connectivity index is 0.000000391. The summed E-state index contributed by atoms with van der Waals surface area (Å²) in [6.45, 7) is 12.5. The molecule has 0 radical (unpaired) electrons. The highest BCUT2D eigenvalue weighted by Crippen LogP contribution is 2.23. The molecular formula is C23H30O2. The predicted octanol–water partition coefficient (Wildman–Crippen LogP) is 5.94. The van der Waals surface area contributed by atoms with Crippen molar-refractivity contribution in [3.63, 3.8) is 0 Å². The molecule has 0 aromatic heterocycles. The van der Waals surface area contributed by atoms with Crippen molar-refractivity contribution in [3.8, 4) is 0 Å². The van der Waals surface area contributed by atoms with Crippen LogP contribution >= 0.6 is 0 Å². The van der Waals surface area contributed by atoms with Crippen molar-refractivity contribution in [2.45, 2.75) is 39.2 Å². The molecule has 0 aliphatic rings. The van der Waals surface area contributed by atoms with Gasteiger partial charge in [-0.2, -0.15) is 0 Å². The van der Waals surface area contributed by atoms with E-state index in [0.717, 1.165) is 17.5 Å². The van der Waals surface area contributed by atoms with Gasteiger partial charge in [-0.1, -0.05) is 79.7 Å². The Hall–Kier alpha value is -2.45. The molecule has 2 rings (SSSR count). The van der Waals surface area contributed by atoms with E-state index < -0.39 is 5.60 Å². The summed E-state index contributed by atoms with van der Waals surface area (Å²) >= 11 is 0. The first-order chi connectivity index (χ1) is 11.9. The number of benzene rings is 2. The van der Waals surface area contributed by atoms with Crippen molar-refractivity contribution >= 4 is 5.78 Å². The zero-order valence-electron chi connectivity index (χ0n) is 15.6. The largest absolute Gasteiger partial charge is 0.385 e. The van der Waals surface area contributed by atoms with Crippen LogP contribution in [-0.4, -0.2) is 10.9 Å². The Morgan fingerprint density at radius 3 is 1.76 bits per heavy atom. The molecule has 2 aromatic carbocycles. The number of carbonyl (C=O) groups excluding carboxylic acids is 1. The number of ketones is 1. The van der Waals surface area contributed by atoms with Crippen LogP contribution in [0.15, 0.2) is 86.0 Å². The number of hydrogen-bond donors (Lipinski definition) is 1. The molecule has 2 nitrogen and oxygen atoms in total. The lowest BCUT2D eigenvalue weighted by atomic mass is 9.93. The highest BCUT2D eigenvalue weighted by atomic mass is 16.3. The average molecular weight is 338 g/mol. The van der Waals surface area contributed by atoms with Gasteiger partial charge in [0.15, 0.2) is 5.78 Å². The van der Waals surface area contributed by atoms with Crippen LogP contribution in [0.2, 0.25) is 0 Å². The van der Waals surface area contributed by atoms with E-state index in [1.807, 2.05) is 66.7 Å². The molecule has 0 fully saturated rings. The molecule has 1 N–H and O–H groups in total. The van der Waals surface area contributed by atoms with Crippen molar-refractivity contribution in [2.24, 2.45) is 0 Å². The molecule has 0 bridgehead atoms. The second kappa shape index (κ2) is 12.9. The predicted molar refractivity (Wildman–Crippen MR) is 108 cm³/mol. The van der Waals surface area contributed by atoms with Gasteiger partial charge in [-0.15, -0.1) is 13.2 Å². The van der Waals surface area contributed by atoms with Crippen molar-refractivity contribution in [1.82, 2.24) is 0 Å².